The Hall–Kier alpha value is -0.213. The third-order valence-electron chi connectivity index (χ3n) is 2.92. The zero-order valence-electron chi connectivity index (χ0n) is 9.79. The smallest absolute Gasteiger partial charge is 0.0623 e. The molecule has 0 bridgehead atoms. The lowest BCUT2D eigenvalue weighted by molar-refractivity contribution is 0.948. The van der Waals surface area contributed by atoms with Crippen molar-refractivity contribution in [2.45, 2.75) is 42.8 Å². The van der Waals surface area contributed by atoms with E-state index in [-0.39, 0.29) is 0 Å². The largest absolute Gasteiger partial charge is 0.123 e. The maximum absolute atomic E-state index is 2.43. The highest BCUT2D eigenvalue weighted by molar-refractivity contribution is 8.02. The summed E-state index contributed by atoms with van der Waals surface area (Å²) in [6.45, 7) is 12.0. The number of benzene rings is 1. The average molecular weight is 224 g/mol. The predicted molar refractivity (Wildman–Crippen MR) is 69.7 cm³/mol. The molecule has 0 radical (unpaired) electrons. The minimum Gasteiger partial charge on any atom is -0.123 e. The van der Waals surface area contributed by atoms with Gasteiger partial charge in [-0.25, -0.2) is 0 Å². The van der Waals surface area contributed by atoms with Gasteiger partial charge in [0.15, 0.2) is 0 Å². The molecule has 0 heterocycles. The molecule has 0 spiro atoms. The van der Waals surface area contributed by atoms with Crippen molar-refractivity contribution in [3.8, 4) is 0 Å². The van der Waals surface area contributed by atoms with Crippen LogP contribution in [0.3, 0.4) is 0 Å². The number of hydrogen-bond donors (Lipinski definition) is 0. The van der Waals surface area contributed by atoms with E-state index in [1.54, 1.807) is 0 Å². The Kier molecular flexibility index (Phi) is 3.48. The summed E-state index contributed by atoms with van der Waals surface area (Å²) < 4.78 is 0.397. The Morgan fingerprint density at radius 1 is 1.00 bits per heavy atom. The van der Waals surface area contributed by atoms with Crippen molar-refractivity contribution in [2.24, 2.45) is 0 Å². The van der Waals surface area contributed by atoms with E-state index >= 15 is 0 Å². The summed E-state index contributed by atoms with van der Waals surface area (Å²) in [6, 6.07) is 10.7. The molecule has 0 fully saturated rings. The molecular formula is C12H20SSi. The van der Waals surface area contributed by atoms with E-state index in [1.807, 2.05) is 11.8 Å². The fourth-order valence-electron chi connectivity index (χ4n) is 0.936. The SMILES string of the molecule is CC(C)(Sc1ccccc1)[Si](C)(C)C. The molecule has 0 amide bonds. The van der Waals surface area contributed by atoms with Gasteiger partial charge in [-0.3, -0.25) is 0 Å². The molecule has 0 nitrogen and oxygen atoms in total. The van der Waals surface area contributed by atoms with E-state index in [0.717, 1.165) is 0 Å². The van der Waals surface area contributed by atoms with Crippen molar-refractivity contribution in [1.29, 1.82) is 0 Å². The highest BCUT2D eigenvalue weighted by Gasteiger charge is 2.35. The van der Waals surface area contributed by atoms with Gasteiger partial charge in [0.05, 0.1) is 8.07 Å². The molecule has 1 aromatic carbocycles. The van der Waals surface area contributed by atoms with E-state index < -0.39 is 8.07 Å². The van der Waals surface area contributed by atoms with Gasteiger partial charge in [0.1, 0.15) is 0 Å². The quantitative estimate of drug-likeness (QED) is 0.540. The van der Waals surface area contributed by atoms with Gasteiger partial charge in [-0.2, -0.15) is 0 Å². The van der Waals surface area contributed by atoms with Gasteiger partial charge in [-0.05, 0) is 12.1 Å². The molecule has 0 N–H and O–H groups in total. The summed E-state index contributed by atoms with van der Waals surface area (Å²) >= 11 is 2.01. The number of thioether (sulfide) groups is 1. The van der Waals surface area contributed by atoms with Crippen LogP contribution >= 0.6 is 11.8 Å². The molecule has 0 aromatic heterocycles. The second-order valence-electron chi connectivity index (χ2n) is 5.18. The molecule has 0 unspecified atom stereocenters. The molecule has 0 aliphatic heterocycles. The number of rotatable bonds is 3. The summed E-state index contributed by atoms with van der Waals surface area (Å²) in [5.41, 5.74) is 0. The van der Waals surface area contributed by atoms with Crippen LogP contribution < -0.4 is 0 Å². The van der Waals surface area contributed by atoms with Gasteiger partial charge in [-0.15, -0.1) is 11.8 Å². The first-order valence-electron chi connectivity index (χ1n) is 5.07. The van der Waals surface area contributed by atoms with Crippen LogP contribution in [-0.4, -0.2) is 12.4 Å². The van der Waals surface area contributed by atoms with E-state index in [0.29, 0.717) is 4.37 Å². The monoisotopic (exact) mass is 224 g/mol. The lowest BCUT2D eigenvalue weighted by Gasteiger charge is -2.36. The van der Waals surface area contributed by atoms with E-state index in [4.69, 9.17) is 0 Å². The van der Waals surface area contributed by atoms with Gasteiger partial charge >= 0.3 is 0 Å². The first-order chi connectivity index (χ1) is 6.33. The van der Waals surface area contributed by atoms with Gasteiger partial charge in [0, 0.05) is 9.27 Å². The Bertz CT molecular complexity index is 285. The summed E-state index contributed by atoms with van der Waals surface area (Å²) in [5.74, 6) is 0. The molecule has 78 valence electrons. The zero-order chi connectivity index (χ0) is 10.8. The van der Waals surface area contributed by atoms with E-state index in [9.17, 15) is 0 Å². The van der Waals surface area contributed by atoms with Crippen molar-refractivity contribution in [3.63, 3.8) is 0 Å². The third kappa shape index (κ3) is 2.89. The molecule has 0 aliphatic rings. The van der Waals surface area contributed by atoms with Crippen molar-refractivity contribution in [1.82, 2.24) is 0 Å². The van der Waals surface area contributed by atoms with Crippen LogP contribution in [0.25, 0.3) is 0 Å². The average Bonchev–Trinajstić information content (AvgIpc) is 2.03. The molecule has 0 aliphatic carbocycles. The fraction of sp³-hybridized carbons (Fsp3) is 0.500. The lowest BCUT2D eigenvalue weighted by Crippen LogP contribution is -2.44. The minimum atomic E-state index is -1.10. The van der Waals surface area contributed by atoms with E-state index in [2.05, 4.69) is 63.8 Å². The third-order valence-corrected chi connectivity index (χ3v) is 9.70. The van der Waals surface area contributed by atoms with Crippen LogP contribution in [0, 0.1) is 0 Å². The Labute approximate surface area is 93.1 Å². The normalized spacial score (nSPS) is 12.9. The highest BCUT2D eigenvalue weighted by Crippen LogP contribution is 2.39. The highest BCUT2D eigenvalue weighted by atomic mass is 32.2. The van der Waals surface area contributed by atoms with Crippen LogP contribution in [0.15, 0.2) is 35.2 Å². The minimum absolute atomic E-state index is 0.397. The topological polar surface area (TPSA) is 0 Å². The van der Waals surface area contributed by atoms with Gasteiger partial charge in [-0.1, -0.05) is 51.7 Å². The van der Waals surface area contributed by atoms with Crippen molar-refractivity contribution < 1.29 is 0 Å². The Balaban J connectivity index is 2.79. The molecule has 1 aromatic rings. The summed E-state index contributed by atoms with van der Waals surface area (Å²) in [5, 5.41) is 0. The predicted octanol–water partition coefficient (Wildman–Crippen LogP) is 4.43. The lowest BCUT2D eigenvalue weighted by atomic mass is 10.4. The van der Waals surface area contributed by atoms with Crippen LogP contribution in [0.2, 0.25) is 19.6 Å². The summed E-state index contributed by atoms with van der Waals surface area (Å²) in [6.07, 6.45) is 0. The maximum Gasteiger partial charge on any atom is 0.0623 e. The van der Waals surface area contributed by atoms with Crippen LogP contribution in [0.5, 0.6) is 0 Å². The van der Waals surface area contributed by atoms with Crippen LogP contribution in [0.4, 0.5) is 0 Å². The molecule has 0 saturated heterocycles. The standard InChI is InChI=1S/C12H20SSi/c1-12(2,14(3,4)5)13-11-9-7-6-8-10-11/h6-10H,1-5H3. The van der Waals surface area contributed by atoms with E-state index in [1.165, 1.54) is 4.90 Å². The molecular weight excluding hydrogens is 204 g/mol. The second kappa shape index (κ2) is 4.11. The fourth-order valence-corrected chi connectivity index (χ4v) is 3.40. The Morgan fingerprint density at radius 2 is 1.50 bits per heavy atom. The molecule has 0 atom stereocenters. The summed E-state index contributed by atoms with van der Waals surface area (Å²) in [4.78, 5) is 1.39. The first kappa shape index (κ1) is 11.9. The van der Waals surface area contributed by atoms with Crippen LogP contribution in [-0.2, 0) is 0 Å². The van der Waals surface area contributed by atoms with Gasteiger partial charge in [0.2, 0.25) is 0 Å². The zero-order valence-corrected chi connectivity index (χ0v) is 11.6. The van der Waals surface area contributed by atoms with Gasteiger partial charge < -0.3 is 0 Å². The molecule has 1 rings (SSSR count). The van der Waals surface area contributed by atoms with Crippen molar-refractivity contribution >= 4 is 19.8 Å². The summed E-state index contributed by atoms with van der Waals surface area (Å²) in [7, 11) is -1.10. The molecule has 0 saturated carbocycles. The van der Waals surface area contributed by atoms with Crippen molar-refractivity contribution in [3.05, 3.63) is 30.3 Å². The second-order valence-corrected chi connectivity index (χ2v) is 13.0. The number of hydrogen-bond acceptors (Lipinski definition) is 1. The first-order valence-corrected chi connectivity index (χ1v) is 9.39. The maximum atomic E-state index is 2.43. The molecule has 2 heteroatoms. The van der Waals surface area contributed by atoms with Crippen LogP contribution in [0.1, 0.15) is 13.8 Å². The Morgan fingerprint density at radius 3 is 1.93 bits per heavy atom. The van der Waals surface area contributed by atoms with Gasteiger partial charge in [0.25, 0.3) is 0 Å². The van der Waals surface area contributed by atoms with Crippen molar-refractivity contribution in [2.75, 3.05) is 0 Å². The molecule has 14 heavy (non-hydrogen) atoms.